The average Bonchev–Trinajstić information content (AvgIpc) is 2.65. The van der Waals surface area contributed by atoms with Crippen molar-refractivity contribution < 1.29 is 19.1 Å². The van der Waals surface area contributed by atoms with Gasteiger partial charge in [0.1, 0.15) is 0 Å². The Morgan fingerprint density at radius 1 is 0.923 bits per heavy atom. The zero-order valence-electron chi connectivity index (χ0n) is 14.5. The fraction of sp³-hybridized carbons (Fsp3) is 0.263. The van der Waals surface area contributed by atoms with Gasteiger partial charge in [0.15, 0.2) is 18.1 Å². The zero-order valence-corrected chi connectivity index (χ0v) is 16.0. The van der Waals surface area contributed by atoms with E-state index in [2.05, 4.69) is 26.6 Å². The van der Waals surface area contributed by atoms with Crippen LogP contribution in [-0.2, 0) is 4.79 Å². The van der Waals surface area contributed by atoms with E-state index in [1.807, 2.05) is 25.1 Å². The number of carbonyl (C=O) groups excluding carboxylic acids is 2. The molecular formula is C19H21BrN2O4. The van der Waals surface area contributed by atoms with E-state index in [1.54, 1.807) is 30.3 Å². The maximum Gasteiger partial charge on any atom is 0.258 e. The molecular weight excluding hydrogens is 400 g/mol. The summed E-state index contributed by atoms with van der Waals surface area (Å²) in [6.07, 6.45) is 0. The van der Waals surface area contributed by atoms with Crippen molar-refractivity contribution in [2.45, 2.75) is 6.92 Å². The van der Waals surface area contributed by atoms with Crippen molar-refractivity contribution in [3.05, 3.63) is 58.6 Å². The van der Waals surface area contributed by atoms with E-state index in [4.69, 9.17) is 9.47 Å². The molecule has 26 heavy (non-hydrogen) atoms. The summed E-state index contributed by atoms with van der Waals surface area (Å²) in [5, 5.41) is 5.44. The normalized spacial score (nSPS) is 10.1. The van der Waals surface area contributed by atoms with Gasteiger partial charge < -0.3 is 20.1 Å². The molecule has 0 spiro atoms. The number of para-hydroxylation sites is 2. The molecule has 2 N–H and O–H groups in total. The Bertz CT molecular complexity index is 752. The molecule has 0 atom stereocenters. The molecule has 2 aromatic carbocycles. The Labute approximate surface area is 161 Å². The van der Waals surface area contributed by atoms with Crippen LogP contribution < -0.4 is 20.1 Å². The van der Waals surface area contributed by atoms with Gasteiger partial charge in [-0.2, -0.15) is 0 Å². The predicted octanol–water partition coefficient (Wildman–Crippen LogP) is 2.77. The van der Waals surface area contributed by atoms with Crippen LogP contribution in [0.3, 0.4) is 0 Å². The first kappa shape index (κ1) is 19.8. The molecule has 2 aromatic rings. The van der Waals surface area contributed by atoms with Gasteiger partial charge in [-0.1, -0.05) is 24.3 Å². The maximum atomic E-state index is 12.0. The van der Waals surface area contributed by atoms with Crippen LogP contribution in [0.2, 0.25) is 0 Å². The predicted molar refractivity (Wildman–Crippen MR) is 103 cm³/mol. The van der Waals surface area contributed by atoms with Crippen molar-refractivity contribution >= 4 is 27.7 Å². The summed E-state index contributed by atoms with van der Waals surface area (Å²) < 4.78 is 11.6. The van der Waals surface area contributed by atoms with Crippen molar-refractivity contribution in [3.8, 4) is 11.5 Å². The van der Waals surface area contributed by atoms with Crippen LogP contribution in [0.25, 0.3) is 0 Å². The van der Waals surface area contributed by atoms with E-state index in [-0.39, 0.29) is 18.4 Å². The van der Waals surface area contributed by atoms with E-state index < -0.39 is 0 Å². The molecule has 2 amide bonds. The summed E-state index contributed by atoms with van der Waals surface area (Å²) in [5.74, 6) is 0.648. The van der Waals surface area contributed by atoms with Crippen LogP contribution in [0.1, 0.15) is 17.3 Å². The summed E-state index contributed by atoms with van der Waals surface area (Å²) in [4.78, 5) is 23.9. The van der Waals surface area contributed by atoms with Crippen LogP contribution in [0, 0.1) is 0 Å². The number of hydrogen-bond acceptors (Lipinski definition) is 4. The highest BCUT2D eigenvalue weighted by Crippen LogP contribution is 2.26. The SMILES string of the molecule is CCOc1ccccc1OCC(=O)NCCNC(=O)c1ccccc1Br. The lowest BCUT2D eigenvalue weighted by Gasteiger charge is -2.12. The highest BCUT2D eigenvalue weighted by Gasteiger charge is 2.09. The van der Waals surface area contributed by atoms with Gasteiger partial charge in [-0.3, -0.25) is 9.59 Å². The van der Waals surface area contributed by atoms with Gasteiger partial charge in [0.2, 0.25) is 0 Å². The van der Waals surface area contributed by atoms with Crippen molar-refractivity contribution in [1.29, 1.82) is 0 Å². The molecule has 6 nitrogen and oxygen atoms in total. The molecule has 0 aliphatic rings. The number of carbonyl (C=O) groups is 2. The van der Waals surface area contributed by atoms with Crippen LogP contribution in [0.5, 0.6) is 11.5 Å². The number of hydrogen-bond donors (Lipinski definition) is 2. The van der Waals surface area contributed by atoms with E-state index in [0.29, 0.717) is 36.8 Å². The molecule has 0 saturated heterocycles. The number of nitrogens with one attached hydrogen (secondary N) is 2. The summed E-state index contributed by atoms with van der Waals surface area (Å²) in [6, 6.07) is 14.3. The quantitative estimate of drug-likeness (QED) is 0.611. The molecule has 0 bridgehead atoms. The number of benzene rings is 2. The fourth-order valence-corrected chi connectivity index (χ4v) is 2.62. The second-order valence-corrected chi connectivity index (χ2v) is 6.11. The first-order valence-corrected chi connectivity index (χ1v) is 9.05. The van der Waals surface area contributed by atoms with Gasteiger partial charge in [0, 0.05) is 17.6 Å². The zero-order chi connectivity index (χ0) is 18.8. The lowest BCUT2D eigenvalue weighted by Crippen LogP contribution is -2.36. The van der Waals surface area contributed by atoms with Gasteiger partial charge in [-0.15, -0.1) is 0 Å². The molecule has 0 unspecified atom stereocenters. The highest BCUT2D eigenvalue weighted by molar-refractivity contribution is 9.10. The molecule has 7 heteroatoms. The van der Waals surface area contributed by atoms with Gasteiger partial charge in [0.25, 0.3) is 11.8 Å². The van der Waals surface area contributed by atoms with Gasteiger partial charge in [-0.05, 0) is 47.1 Å². The Morgan fingerprint density at radius 3 is 2.23 bits per heavy atom. The second-order valence-electron chi connectivity index (χ2n) is 5.25. The Kier molecular flexibility index (Phi) is 7.95. The van der Waals surface area contributed by atoms with Gasteiger partial charge >= 0.3 is 0 Å². The van der Waals surface area contributed by atoms with Gasteiger partial charge in [0.05, 0.1) is 12.2 Å². The molecule has 2 rings (SSSR count). The van der Waals surface area contributed by atoms with Crippen LogP contribution in [0.4, 0.5) is 0 Å². The second kappa shape index (κ2) is 10.5. The first-order chi connectivity index (χ1) is 12.6. The number of rotatable bonds is 9. The van der Waals surface area contributed by atoms with Crippen LogP contribution in [-0.4, -0.2) is 38.1 Å². The minimum atomic E-state index is -0.272. The van der Waals surface area contributed by atoms with E-state index in [0.717, 1.165) is 4.47 Å². The Balaban J connectivity index is 1.70. The van der Waals surface area contributed by atoms with Crippen molar-refractivity contribution in [3.63, 3.8) is 0 Å². The molecule has 0 aromatic heterocycles. The minimum Gasteiger partial charge on any atom is -0.490 e. The third-order valence-corrected chi connectivity index (χ3v) is 4.05. The first-order valence-electron chi connectivity index (χ1n) is 8.26. The van der Waals surface area contributed by atoms with Crippen molar-refractivity contribution in [1.82, 2.24) is 10.6 Å². The van der Waals surface area contributed by atoms with Gasteiger partial charge in [-0.25, -0.2) is 0 Å². The molecule has 138 valence electrons. The lowest BCUT2D eigenvalue weighted by molar-refractivity contribution is -0.123. The molecule has 0 aliphatic heterocycles. The summed E-state index contributed by atoms with van der Waals surface area (Å²) in [6.45, 7) is 2.91. The molecule has 0 heterocycles. The van der Waals surface area contributed by atoms with E-state index >= 15 is 0 Å². The molecule has 0 radical (unpaired) electrons. The molecule has 0 fully saturated rings. The van der Waals surface area contributed by atoms with Crippen LogP contribution >= 0.6 is 15.9 Å². The lowest BCUT2D eigenvalue weighted by atomic mass is 10.2. The molecule has 0 saturated carbocycles. The third kappa shape index (κ3) is 6.07. The summed E-state index contributed by atoms with van der Waals surface area (Å²) >= 11 is 3.33. The largest absolute Gasteiger partial charge is 0.490 e. The summed E-state index contributed by atoms with van der Waals surface area (Å²) in [7, 11) is 0. The Hall–Kier alpha value is -2.54. The van der Waals surface area contributed by atoms with E-state index in [1.165, 1.54) is 0 Å². The fourth-order valence-electron chi connectivity index (χ4n) is 2.16. The number of ether oxygens (including phenoxy) is 2. The number of amides is 2. The standard InChI is InChI=1S/C19H21BrN2O4/c1-2-25-16-9-5-6-10-17(16)26-13-18(23)21-11-12-22-19(24)14-7-3-4-8-15(14)20/h3-10H,2,11-13H2,1H3,(H,21,23)(H,22,24). The smallest absolute Gasteiger partial charge is 0.258 e. The monoisotopic (exact) mass is 420 g/mol. The van der Waals surface area contributed by atoms with Crippen molar-refractivity contribution in [2.24, 2.45) is 0 Å². The van der Waals surface area contributed by atoms with Crippen LogP contribution in [0.15, 0.2) is 53.0 Å². The third-order valence-electron chi connectivity index (χ3n) is 3.36. The highest BCUT2D eigenvalue weighted by atomic mass is 79.9. The Morgan fingerprint density at radius 2 is 1.54 bits per heavy atom. The minimum absolute atomic E-state index is 0.123. The topological polar surface area (TPSA) is 76.7 Å². The maximum absolute atomic E-state index is 12.0. The number of halogens is 1. The van der Waals surface area contributed by atoms with E-state index in [9.17, 15) is 9.59 Å². The molecule has 0 aliphatic carbocycles. The summed E-state index contributed by atoms with van der Waals surface area (Å²) in [5.41, 5.74) is 0.551. The van der Waals surface area contributed by atoms with Crippen molar-refractivity contribution in [2.75, 3.05) is 26.3 Å². The average molecular weight is 421 g/mol.